The number of rotatable bonds is 4. The van der Waals surface area contributed by atoms with Crippen molar-refractivity contribution in [3.8, 4) is 0 Å². The quantitative estimate of drug-likeness (QED) is 0.878. The van der Waals surface area contributed by atoms with Crippen LogP contribution in [0.15, 0.2) is 30.3 Å². The fraction of sp³-hybridized carbons (Fsp3) is 0.467. The largest absolute Gasteiger partial charge is 0.480 e. The number of piperidine rings is 1. The predicted molar refractivity (Wildman–Crippen MR) is 76.8 cm³/mol. The highest BCUT2D eigenvalue weighted by Crippen LogP contribution is 2.16. The minimum atomic E-state index is -0.817. The minimum Gasteiger partial charge on any atom is -0.480 e. The van der Waals surface area contributed by atoms with Gasteiger partial charge >= 0.3 is 12.1 Å². The number of carboxylic acids is 1. The van der Waals surface area contributed by atoms with Crippen molar-refractivity contribution in [1.82, 2.24) is 10.2 Å². The summed E-state index contributed by atoms with van der Waals surface area (Å²) in [5, 5.41) is 11.8. The number of likely N-dealkylation sites (N-methyl/N-ethyl adjacent to an activating group) is 1. The van der Waals surface area contributed by atoms with Crippen LogP contribution < -0.4 is 5.32 Å². The van der Waals surface area contributed by atoms with Crippen molar-refractivity contribution in [1.29, 1.82) is 0 Å². The molecule has 6 heteroatoms. The molecule has 1 aromatic rings. The second-order valence-electron chi connectivity index (χ2n) is 5.27. The van der Waals surface area contributed by atoms with Crippen LogP contribution in [0.4, 0.5) is 4.79 Å². The summed E-state index contributed by atoms with van der Waals surface area (Å²) in [4.78, 5) is 24.5. The smallest absolute Gasteiger partial charge is 0.407 e. The number of carbonyl (C=O) groups excluding carboxylic acids is 1. The van der Waals surface area contributed by atoms with Crippen LogP contribution in [0.2, 0.25) is 0 Å². The lowest BCUT2D eigenvalue weighted by Gasteiger charge is -2.34. The van der Waals surface area contributed by atoms with Crippen LogP contribution in [0, 0.1) is 0 Å². The molecule has 2 rings (SSSR count). The van der Waals surface area contributed by atoms with E-state index in [1.165, 1.54) is 0 Å². The zero-order chi connectivity index (χ0) is 15.2. The second kappa shape index (κ2) is 7.08. The van der Waals surface area contributed by atoms with E-state index in [0.29, 0.717) is 19.4 Å². The number of hydrogen-bond donors (Lipinski definition) is 2. The molecule has 1 aromatic carbocycles. The van der Waals surface area contributed by atoms with E-state index in [-0.39, 0.29) is 12.6 Å². The van der Waals surface area contributed by atoms with Crippen molar-refractivity contribution in [3.05, 3.63) is 35.9 Å². The number of likely N-dealkylation sites (tertiary alicyclic amines) is 1. The molecule has 1 saturated heterocycles. The Kier molecular flexibility index (Phi) is 5.16. The fourth-order valence-electron chi connectivity index (χ4n) is 2.51. The Bertz CT molecular complexity index is 492. The molecule has 0 saturated carbocycles. The van der Waals surface area contributed by atoms with E-state index < -0.39 is 18.1 Å². The molecule has 1 aliphatic heterocycles. The van der Waals surface area contributed by atoms with Crippen LogP contribution in [0.5, 0.6) is 0 Å². The lowest BCUT2D eigenvalue weighted by Crippen LogP contribution is -2.52. The van der Waals surface area contributed by atoms with Gasteiger partial charge in [0.1, 0.15) is 12.6 Å². The molecule has 6 nitrogen and oxygen atoms in total. The first-order valence-corrected chi connectivity index (χ1v) is 6.96. The number of ether oxygens (including phenoxy) is 1. The van der Waals surface area contributed by atoms with Crippen molar-refractivity contribution in [3.63, 3.8) is 0 Å². The third-order valence-corrected chi connectivity index (χ3v) is 3.65. The number of aliphatic carboxylic acids is 1. The van der Waals surface area contributed by atoms with Crippen molar-refractivity contribution < 1.29 is 19.4 Å². The molecule has 0 aliphatic carbocycles. The number of carboxylic acid groups (broad SMARTS) is 1. The van der Waals surface area contributed by atoms with Gasteiger partial charge in [-0.25, -0.2) is 4.79 Å². The zero-order valence-electron chi connectivity index (χ0n) is 12.0. The van der Waals surface area contributed by atoms with Gasteiger partial charge in [0.05, 0.1) is 0 Å². The SMILES string of the molecule is CN1CC(NC(=O)OCc2ccccc2)CCC1C(=O)O. The molecule has 2 N–H and O–H groups in total. The predicted octanol–water partition coefficient (Wildman–Crippen LogP) is 1.46. The third kappa shape index (κ3) is 4.46. The van der Waals surface area contributed by atoms with Crippen molar-refractivity contribution >= 4 is 12.1 Å². The van der Waals surface area contributed by atoms with E-state index in [2.05, 4.69) is 5.32 Å². The average Bonchev–Trinajstić information content (AvgIpc) is 2.46. The van der Waals surface area contributed by atoms with Crippen LogP contribution in [0.3, 0.4) is 0 Å². The Morgan fingerprint density at radius 1 is 1.33 bits per heavy atom. The number of nitrogens with zero attached hydrogens (tertiary/aromatic N) is 1. The molecule has 0 spiro atoms. The van der Waals surface area contributed by atoms with Crippen LogP contribution in [-0.4, -0.2) is 47.7 Å². The zero-order valence-corrected chi connectivity index (χ0v) is 12.0. The summed E-state index contributed by atoms with van der Waals surface area (Å²) < 4.78 is 5.16. The molecule has 114 valence electrons. The van der Waals surface area contributed by atoms with E-state index in [1.54, 1.807) is 11.9 Å². The van der Waals surface area contributed by atoms with Gasteiger partial charge in [-0.3, -0.25) is 9.69 Å². The van der Waals surface area contributed by atoms with Gasteiger partial charge in [0, 0.05) is 12.6 Å². The number of nitrogens with one attached hydrogen (secondary N) is 1. The van der Waals surface area contributed by atoms with E-state index in [1.807, 2.05) is 30.3 Å². The first-order valence-electron chi connectivity index (χ1n) is 6.96. The summed E-state index contributed by atoms with van der Waals surface area (Å²) >= 11 is 0. The lowest BCUT2D eigenvalue weighted by molar-refractivity contribution is -0.144. The van der Waals surface area contributed by atoms with Crippen molar-refractivity contribution in [2.75, 3.05) is 13.6 Å². The topological polar surface area (TPSA) is 78.9 Å². The number of hydrogen-bond acceptors (Lipinski definition) is 4. The third-order valence-electron chi connectivity index (χ3n) is 3.65. The Labute approximate surface area is 123 Å². The summed E-state index contributed by atoms with van der Waals surface area (Å²) in [6, 6.07) is 8.91. The molecule has 0 aromatic heterocycles. The Balaban J connectivity index is 1.75. The normalized spacial score (nSPS) is 22.5. The molecule has 1 aliphatic rings. The standard InChI is InChI=1S/C15H20N2O4/c1-17-9-12(7-8-13(17)14(18)19)16-15(20)21-10-11-5-3-2-4-6-11/h2-6,12-13H,7-10H2,1H3,(H,16,20)(H,18,19). The first-order chi connectivity index (χ1) is 10.1. The molecule has 21 heavy (non-hydrogen) atoms. The van der Waals surface area contributed by atoms with Gasteiger partial charge < -0.3 is 15.2 Å². The molecular weight excluding hydrogens is 272 g/mol. The molecule has 1 heterocycles. The summed E-state index contributed by atoms with van der Waals surface area (Å²) in [5.41, 5.74) is 0.930. The highest BCUT2D eigenvalue weighted by molar-refractivity contribution is 5.73. The molecule has 1 fully saturated rings. The fourth-order valence-corrected chi connectivity index (χ4v) is 2.51. The molecule has 0 bridgehead atoms. The average molecular weight is 292 g/mol. The van der Waals surface area contributed by atoms with Gasteiger partial charge in [-0.15, -0.1) is 0 Å². The van der Waals surface area contributed by atoms with E-state index in [4.69, 9.17) is 9.84 Å². The van der Waals surface area contributed by atoms with E-state index in [0.717, 1.165) is 5.56 Å². The van der Waals surface area contributed by atoms with E-state index >= 15 is 0 Å². The van der Waals surface area contributed by atoms with Gasteiger partial charge in [-0.2, -0.15) is 0 Å². The highest BCUT2D eigenvalue weighted by atomic mass is 16.5. The van der Waals surface area contributed by atoms with Crippen molar-refractivity contribution in [2.45, 2.75) is 31.5 Å². The van der Waals surface area contributed by atoms with Crippen LogP contribution in [0.25, 0.3) is 0 Å². The first kappa shape index (κ1) is 15.3. The number of benzene rings is 1. The van der Waals surface area contributed by atoms with Gasteiger partial charge in [-0.1, -0.05) is 30.3 Å². The molecule has 1 amide bonds. The maximum atomic E-state index is 11.7. The lowest BCUT2D eigenvalue weighted by atomic mass is 9.99. The Hall–Kier alpha value is -2.08. The summed E-state index contributed by atoms with van der Waals surface area (Å²) in [6.07, 6.45) is 0.697. The number of carbonyl (C=O) groups is 2. The monoisotopic (exact) mass is 292 g/mol. The Morgan fingerprint density at radius 3 is 2.67 bits per heavy atom. The summed E-state index contributed by atoms with van der Waals surface area (Å²) in [5.74, 6) is -0.817. The van der Waals surface area contributed by atoms with Crippen LogP contribution >= 0.6 is 0 Å². The highest BCUT2D eigenvalue weighted by Gasteiger charge is 2.31. The van der Waals surface area contributed by atoms with Gasteiger partial charge in [0.2, 0.25) is 0 Å². The number of amides is 1. The molecule has 2 atom stereocenters. The molecule has 0 radical (unpaired) electrons. The van der Waals surface area contributed by atoms with Crippen LogP contribution in [-0.2, 0) is 16.1 Å². The second-order valence-corrected chi connectivity index (χ2v) is 5.27. The maximum absolute atomic E-state index is 11.7. The van der Waals surface area contributed by atoms with Gasteiger partial charge in [-0.05, 0) is 25.5 Å². The van der Waals surface area contributed by atoms with E-state index in [9.17, 15) is 9.59 Å². The van der Waals surface area contributed by atoms with Gasteiger partial charge in [0.15, 0.2) is 0 Å². The summed E-state index contributed by atoms with van der Waals surface area (Å²) in [7, 11) is 1.75. The van der Waals surface area contributed by atoms with Crippen molar-refractivity contribution in [2.24, 2.45) is 0 Å². The number of alkyl carbamates (subject to hydrolysis) is 1. The van der Waals surface area contributed by atoms with Crippen LogP contribution in [0.1, 0.15) is 18.4 Å². The maximum Gasteiger partial charge on any atom is 0.407 e. The van der Waals surface area contributed by atoms with Gasteiger partial charge in [0.25, 0.3) is 0 Å². The molecular formula is C15H20N2O4. The minimum absolute atomic E-state index is 0.0751. The molecule has 2 unspecified atom stereocenters. The Morgan fingerprint density at radius 2 is 2.05 bits per heavy atom. The summed E-state index contributed by atoms with van der Waals surface area (Å²) in [6.45, 7) is 0.740.